The maximum atomic E-state index is 12.1. The quantitative estimate of drug-likeness (QED) is 0.420. The number of H-pyrrole nitrogens is 2. The van der Waals surface area contributed by atoms with Crippen molar-refractivity contribution < 1.29 is 9.90 Å². The summed E-state index contributed by atoms with van der Waals surface area (Å²) in [4.78, 5) is 48.7. The monoisotopic (exact) mass is 459 g/mol. The molecule has 4 rings (SSSR count). The van der Waals surface area contributed by atoms with Crippen LogP contribution in [-0.2, 0) is 6.42 Å². The second kappa shape index (κ2) is 7.82. The molecule has 3 N–H and O–H groups in total. The van der Waals surface area contributed by atoms with E-state index in [1.807, 2.05) is 4.98 Å². The largest absolute Gasteiger partial charge is 0.476 e. The van der Waals surface area contributed by atoms with Crippen molar-refractivity contribution in [3.05, 3.63) is 94.6 Å². The Hall–Kier alpha value is -3.76. The summed E-state index contributed by atoms with van der Waals surface area (Å²) in [5.41, 5.74) is -2.22. The maximum Gasteiger partial charge on any atom is 0.362 e. The van der Waals surface area contributed by atoms with Crippen molar-refractivity contribution >= 4 is 39.9 Å². The van der Waals surface area contributed by atoms with Crippen molar-refractivity contribution in [1.82, 2.24) is 25.0 Å². The average Bonchev–Trinajstić information content (AvgIpc) is 2.72. The van der Waals surface area contributed by atoms with E-state index < -0.39 is 22.9 Å². The normalized spacial score (nSPS) is 11.0. The van der Waals surface area contributed by atoms with Gasteiger partial charge in [-0.2, -0.15) is 14.9 Å². The van der Waals surface area contributed by atoms with Crippen LogP contribution in [0.3, 0.4) is 0 Å². The van der Waals surface area contributed by atoms with Gasteiger partial charge in [-0.3, -0.25) is 14.6 Å². The van der Waals surface area contributed by atoms with Gasteiger partial charge in [-0.15, -0.1) is 0 Å². The lowest BCUT2D eigenvalue weighted by molar-refractivity contribution is 0.0685. The summed E-state index contributed by atoms with van der Waals surface area (Å²) in [5.74, 6) is -1.60. The smallest absolute Gasteiger partial charge is 0.362 e. The first-order valence-electron chi connectivity index (χ1n) is 8.68. The number of aromatic carboxylic acids is 1. The first-order chi connectivity index (χ1) is 14.8. The Morgan fingerprint density at radius 1 is 1.03 bits per heavy atom. The number of carboxylic acid groups (broad SMARTS) is 1. The molecule has 0 aliphatic carbocycles. The maximum absolute atomic E-state index is 12.1. The molecule has 31 heavy (non-hydrogen) atoms. The molecule has 10 nitrogen and oxygen atoms in total. The number of nitrogens with one attached hydrogen (secondary N) is 2. The Bertz CT molecular complexity index is 1520. The van der Waals surface area contributed by atoms with Crippen LogP contribution in [0, 0.1) is 0 Å². The summed E-state index contributed by atoms with van der Waals surface area (Å²) in [6.45, 7) is 0. The van der Waals surface area contributed by atoms with E-state index in [0.717, 1.165) is 0 Å². The number of fused-ring (bicyclic) bond motifs is 1. The predicted octanol–water partition coefficient (Wildman–Crippen LogP) is 1.75. The van der Waals surface area contributed by atoms with Gasteiger partial charge in [0.2, 0.25) is 5.69 Å². The van der Waals surface area contributed by atoms with Crippen LogP contribution in [0.4, 0.5) is 0 Å². The fraction of sp³-hybridized carbons (Fsp3) is 0.0526. The molecular weight excluding hydrogens is 449 g/mol. The third-order valence-electron chi connectivity index (χ3n) is 4.52. The van der Waals surface area contributed by atoms with Gasteiger partial charge in [0.05, 0.1) is 16.8 Å². The number of carbonyl (C=O) groups is 1. The average molecular weight is 460 g/mol. The molecule has 0 aliphatic rings. The number of benzene rings is 2. The minimum atomic E-state index is -1.60. The molecular formula is C19H11Cl2N5O5. The summed E-state index contributed by atoms with van der Waals surface area (Å²) < 4.78 is 0.681. The predicted molar refractivity (Wildman–Crippen MR) is 113 cm³/mol. The Morgan fingerprint density at radius 3 is 2.32 bits per heavy atom. The van der Waals surface area contributed by atoms with Crippen LogP contribution in [0.5, 0.6) is 0 Å². The van der Waals surface area contributed by atoms with Crippen LogP contribution in [0.25, 0.3) is 16.5 Å². The van der Waals surface area contributed by atoms with Crippen molar-refractivity contribution in [3.63, 3.8) is 0 Å². The second-order valence-corrected chi connectivity index (χ2v) is 7.25. The summed E-state index contributed by atoms with van der Waals surface area (Å²) in [5, 5.41) is 20.6. The van der Waals surface area contributed by atoms with Crippen molar-refractivity contribution in [1.29, 1.82) is 0 Å². The van der Waals surface area contributed by atoms with Crippen molar-refractivity contribution in [2.45, 2.75) is 6.42 Å². The third kappa shape index (κ3) is 3.74. The number of hydrogen-bond donors (Lipinski definition) is 3. The highest BCUT2D eigenvalue weighted by Gasteiger charge is 2.18. The highest BCUT2D eigenvalue weighted by molar-refractivity contribution is 6.36. The number of hydrogen-bond acceptors (Lipinski definition) is 6. The molecule has 0 saturated carbocycles. The highest BCUT2D eigenvalue weighted by Crippen LogP contribution is 2.30. The van der Waals surface area contributed by atoms with Gasteiger partial charge in [-0.1, -0.05) is 41.4 Å². The third-order valence-corrected chi connectivity index (χ3v) is 5.19. The molecule has 0 aliphatic heterocycles. The molecule has 2 aromatic heterocycles. The van der Waals surface area contributed by atoms with E-state index in [0.29, 0.717) is 26.7 Å². The van der Waals surface area contributed by atoms with E-state index in [4.69, 9.17) is 28.3 Å². The topological polar surface area (TPSA) is 151 Å². The number of aromatic amines is 2. The molecule has 0 unspecified atom stereocenters. The van der Waals surface area contributed by atoms with Gasteiger partial charge in [-0.05, 0) is 23.8 Å². The Kier molecular flexibility index (Phi) is 5.17. The van der Waals surface area contributed by atoms with E-state index in [9.17, 15) is 19.2 Å². The van der Waals surface area contributed by atoms with Crippen LogP contribution in [0.1, 0.15) is 21.7 Å². The van der Waals surface area contributed by atoms with Crippen molar-refractivity contribution in [2.24, 2.45) is 0 Å². The summed E-state index contributed by atoms with van der Waals surface area (Å²) in [7, 11) is 0. The fourth-order valence-electron chi connectivity index (χ4n) is 3.07. The molecule has 0 saturated heterocycles. The lowest BCUT2D eigenvalue weighted by Crippen LogP contribution is -2.35. The molecule has 0 fully saturated rings. The SMILES string of the molecule is O=C(O)c1nn(-c2cc(Cl)c(Cc3n[nH]c(=O)c4ccccc34)c(Cl)c2)c(=O)[nH]c1=O. The zero-order valence-corrected chi connectivity index (χ0v) is 16.9. The molecule has 2 heterocycles. The molecule has 2 aromatic carbocycles. The second-order valence-electron chi connectivity index (χ2n) is 6.43. The van der Waals surface area contributed by atoms with Crippen molar-refractivity contribution in [3.8, 4) is 5.69 Å². The van der Waals surface area contributed by atoms with Gasteiger partial charge >= 0.3 is 11.7 Å². The lowest BCUT2D eigenvalue weighted by Gasteiger charge is -2.12. The molecule has 0 radical (unpaired) electrons. The summed E-state index contributed by atoms with van der Waals surface area (Å²) >= 11 is 12.8. The Labute approximate surface area is 181 Å². The zero-order valence-electron chi connectivity index (χ0n) is 15.3. The first kappa shape index (κ1) is 20.5. The number of halogens is 2. The molecule has 4 aromatic rings. The molecule has 156 valence electrons. The number of nitrogens with zero attached hydrogens (tertiary/aromatic N) is 3. The van der Waals surface area contributed by atoms with Gasteiger partial charge in [0, 0.05) is 21.9 Å². The van der Waals surface area contributed by atoms with E-state index >= 15 is 0 Å². The van der Waals surface area contributed by atoms with E-state index in [1.54, 1.807) is 24.3 Å². The fourth-order valence-corrected chi connectivity index (χ4v) is 3.68. The number of aromatic nitrogens is 5. The van der Waals surface area contributed by atoms with Crippen LogP contribution >= 0.6 is 23.2 Å². The minimum absolute atomic E-state index is 0.0572. The summed E-state index contributed by atoms with van der Waals surface area (Å²) in [6.07, 6.45) is 0.170. The van der Waals surface area contributed by atoms with E-state index in [-0.39, 0.29) is 27.7 Å². The summed E-state index contributed by atoms with van der Waals surface area (Å²) in [6, 6.07) is 9.63. The minimum Gasteiger partial charge on any atom is -0.476 e. The zero-order chi connectivity index (χ0) is 22.3. The van der Waals surface area contributed by atoms with Crippen molar-refractivity contribution in [2.75, 3.05) is 0 Å². The van der Waals surface area contributed by atoms with Gasteiger partial charge in [-0.25, -0.2) is 14.7 Å². The van der Waals surface area contributed by atoms with Gasteiger partial charge in [0.1, 0.15) is 0 Å². The van der Waals surface area contributed by atoms with Crippen LogP contribution < -0.4 is 16.8 Å². The molecule has 12 heteroatoms. The molecule has 0 spiro atoms. The van der Waals surface area contributed by atoms with Gasteiger partial charge < -0.3 is 5.11 Å². The number of carboxylic acids is 1. The Balaban J connectivity index is 1.82. The number of rotatable bonds is 4. The molecule has 0 atom stereocenters. The Morgan fingerprint density at radius 2 is 1.68 bits per heavy atom. The van der Waals surface area contributed by atoms with Crippen LogP contribution in [0.15, 0.2) is 50.8 Å². The van der Waals surface area contributed by atoms with Gasteiger partial charge in [0.15, 0.2) is 0 Å². The van der Waals surface area contributed by atoms with Crippen LogP contribution in [0.2, 0.25) is 10.0 Å². The van der Waals surface area contributed by atoms with Gasteiger partial charge in [0.25, 0.3) is 11.1 Å². The van der Waals surface area contributed by atoms with Crippen LogP contribution in [-0.4, -0.2) is 36.0 Å². The lowest BCUT2D eigenvalue weighted by atomic mass is 10.0. The highest BCUT2D eigenvalue weighted by atomic mass is 35.5. The van der Waals surface area contributed by atoms with E-state index in [2.05, 4.69) is 15.3 Å². The first-order valence-corrected chi connectivity index (χ1v) is 9.43. The molecule has 0 amide bonds. The standard InChI is InChI=1S/C19H11Cl2N5O5/c20-12-5-8(26-19(31)22-17(28)15(25-26)18(29)30)6-13(21)11(12)7-14-9-3-1-2-4-10(9)16(27)24-23-14/h1-6H,7H2,(H,24,27)(H,29,30)(H,22,28,31). The van der Waals surface area contributed by atoms with E-state index in [1.165, 1.54) is 12.1 Å². The molecule has 0 bridgehead atoms.